The number of nitrogens with zero attached hydrogens (tertiary/aromatic N) is 3. The van der Waals surface area contributed by atoms with Gasteiger partial charge in [0.25, 0.3) is 0 Å². The van der Waals surface area contributed by atoms with Crippen LogP contribution in [0.2, 0.25) is 0 Å². The van der Waals surface area contributed by atoms with Gasteiger partial charge in [0.2, 0.25) is 0 Å². The number of aryl methyl sites for hydroxylation is 4. The molecule has 2 N–H and O–H groups in total. The highest BCUT2D eigenvalue weighted by Crippen LogP contribution is 2.26. The summed E-state index contributed by atoms with van der Waals surface area (Å²) < 4.78 is 1.90. The van der Waals surface area contributed by atoms with Crippen LogP contribution >= 0.6 is 11.3 Å². The van der Waals surface area contributed by atoms with Crippen LogP contribution in [0, 0.1) is 13.8 Å². The van der Waals surface area contributed by atoms with Crippen molar-refractivity contribution >= 4 is 11.3 Å². The van der Waals surface area contributed by atoms with E-state index in [-0.39, 0.29) is 6.04 Å². The summed E-state index contributed by atoms with van der Waals surface area (Å²) in [6, 6.07) is 2.12. The predicted molar refractivity (Wildman–Crippen MR) is 70.0 cm³/mol. The minimum absolute atomic E-state index is 0.0797. The van der Waals surface area contributed by atoms with Crippen LogP contribution in [0.5, 0.6) is 0 Å². The molecule has 2 rings (SSSR count). The Labute approximate surface area is 105 Å². The minimum Gasteiger partial charge on any atom is -0.323 e. The van der Waals surface area contributed by atoms with Crippen LogP contribution < -0.4 is 5.73 Å². The molecule has 5 heteroatoms. The largest absolute Gasteiger partial charge is 0.323 e. The molecule has 0 amide bonds. The van der Waals surface area contributed by atoms with Gasteiger partial charge in [-0.3, -0.25) is 4.68 Å². The van der Waals surface area contributed by atoms with Crippen LogP contribution in [0.15, 0.2) is 12.3 Å². The lowest BCUT2D eigenvalue weighted by molar-refractivity contribution is 0.617. The Kier molecular flexibility index (Phi) is 3.59. The molecule has 4 nitrogen and oxygen atoms in total. The Balaban J connectivity index is 2.00. The van der Waals surface area contributed by atoms with Crippen molar-refractivity contribution in [1.82, 2.24) is 14.8 Å². The molecule has 0 saturated heterocycles. The number of hydrogen-bond donors (Lipinski definition) is 1. The molecule has 0 aliphatic carbocycles. The fraction of sp³-hybridized carbons (Fsp3) is 0.500. The van der Waals surface area contributed by atoms with Gasteiger partial charge in [-0.2, -0.15) is 5.10 Å². The topological polar surface area (TPSA) is 56.7 Å². The number of aromatic nitrogens is 3. The van der Waals surface area contributed by atoms with Crippen molar-refractivity contribution in [2.24, 2.45) is 12.8 Å². The summed E-state index contributed by atoms with van der Waals surface area (Å²) in [4.78, 5) is 5.63. The average molecular weight is 250 g/mol. The number of rotatable bonds is 4. The molecule has 0 radical (unpaired) electrons. The molecule has 0 aliphatic heterocycles. The van der Waals surface area contributed by atoms with E-state index in [2.05, 4.69) is 10.1 Å². The second kappa shape index (κ2) is 4.98. The molecule has 0 aromatic carbocycles. The highest BCUT2D eigenvalue weighted by Gasteiger charge is 2.13. The van der Waals surface area contributed by atoms with E-state index in [4.69, 9.17) is 5.73 Å². The molecule has 0 spiro atoms. The van der Waals surface area contributed by atoms with Crippen LogP contribution in [0.1, 0.15) is 33.7 Å². The Morgan fingerprint density at radius 1 is 1.47 bits per heavy atom. The Morgan fingerprint density at radius 3 is 2.76 bits per heavy atom. The highest BCUT2D eigenvalue weighted by molar-refractivity contribution is 7.11. The van der Waals surface area contributed by atoms with Crippen molar-refractivity contribution in [2.75, 3.05) is 0 Å². The van der Waals surface area contributed by atoms with Crippen LogP contribution in [-0.2, 0) is 13.5 Å². The van der Waals surface area contributed by atoms with Crippen molar-refractivity contribution in [3.63, 3.8) is 0 Å². The second-order valence-electron chi connectivity index (χ2n) is 4.27. The quantitative estimate of drug-likeness (QED) is 0.904. The van der Waals surface area contributed by atoms with E-state index in [9.17, 15) is 0 Å². The first kappa shape index (κ1) is 12.3. The van der Waals surface area contributed by atoms with E-state index in [1.54, 1.807) is 11.3 Å². The van der Waals surface area contributed by atoms with Crippen molar-refractivity contribution < 1.29 is 0 Å². The van der Waals surface area contributed by atoms with Gasteiger partial charge in [0.05, 0.1) is 10.7 Å². The van der Waals surface area contributed by atoms with Gasteiger partial charge in [0.1, 0.15) is 0 Å². The monoisotopic (exact) mass is 250 g/mol. The smallest absolute Gasteiger partial charge is 0.0900 e. The molecule has 0 aliphatic rings. The van der Waals surface area contributed by atoms with Gasteiger partial charge in [-0.15, -0.1) is 11.3 Å². The molecule has 1 unspecified atom stereocenters. The lowest BCUT2D eigenvalue weighted by atomic mass is 10.1. The van der Waals surface area contributed by atoms with Gasteiger partial charge < -0.3 is 5.73 Å². The average Bonchev–Trinajstić information content (AvgIpc) is 2.81. The first-order chi connectivity index (χ1) is 8.08. The van der Waals surface area contributed by atoms with Crippen LogP contribution in [0.25, 0.3) is 0 Å². The third-order valence-electron chi connectivity index (χ3n) is 2.91. The number of thiazole rings is 1. The van der Waals surface area contributed by atoms with Crippen molar-refractivity contribution in [2.45, 2.75) is 32.7 Å². The molecule has 0 fully saturated rings. The van der Waals surface area contributed by atoms with Gasteiger partial charge in [0.15, 0.2) is 0 Å². The van der Waals surface area contributed by atoms with Crippen LogP contribution in [0.4, 0.5) is 0 Å². The SMILES string of the molecule is Cc1nc(C)c(C(N)CCc2ccnn2C)s1. The summed E-state index contributed by atoms with van der Waals surface area (Å²) in [5, 5.41) is 5.25. The Morgan fingerprint density at radius 2 is 2.24 bits per heavy atom. The van der Waals surface area contributed by atoms with Gasteiger partial charge >= 0.3 is 0 Å². The summed E-state index contributed by atoms with van der Waals surface area (Å²) in [5.74, 6) is 0. The van der Waals surface area contributed by atoms with Gasteiger partial charge in [-0.1, -0.05) is 0 Å². The zero-order chi connectivity index (χ0) is 12.4. The van der Waals surface area contributed by atoms with E-state index in [1.807, 2.05) is 37.8 Å². The Bertz CT molecular complexity index is 500. The predicted octanol–water partition coefficient (Wildman–Crippen LogP) is 2.13. The van der Waals surface area contributed by atoms with Crippen molar-refractivity contribution in [1.29, 1.82) is 0 Å². The molecule has 92 valence electrons. The van der Waals surface area contributed by atoms with E-state index in [0.717, 1.165) is 23.5 Å². The maximum atomic E-state index is 6.22. The normalized spacial score (nSPS) is 12.9. The van der Waals surface area contributed by atoms with Crippen LogP contribution in [-0.4, -0.2) is 14.8 Å². The van der Waals surface area contributed by atoms with Crippen molar-refractivity contribution in [3.8, 4) is 0 Å². The zero-order valence-electron chi connectivity index (χ0n) is 10.5. The highest BCUT2D eigenvalue weighted by atomic mass is 32.1. The fourth-order valence-electron chi connectivity index (χ4n) is 1.97. The lowest BCUT2D eigenvalue weighted by Crippen LogP contribution is -2.12. The van der Waals surface area contributed by atoms with Crippen LogP contribution in [0.3, 0.4) is 0 Å². The second-order valence-corrected chi connectivity index (χ2v) is 5.51. The van der Waals surface area contributed by atoms with E-state index in [0.29, 0.717) is 0 Å². The maximum Gasteiger partial charge on any atom is 0.0900 e. The molecular formula is C12H18N4S. The van der Waals surface area contributed by atoms with E-state index in [1.165, 1.54) is 10.6 Å². The molecule has 2 heterocycles. The molecule has 17 heavy (non-hydrogen) atoms. The lowest BCUT2D eigenvalue weighted by Gasteiger charge is -2.10. The number of nitrogens with two attached hydrogens (primary N) is 1. The molecule has 1 atom stereocenters. The first-order valence-electron chi connectivity index (χ1n) is 5.74. The van der Waals surface area contributed by atoms with Gasteiger partial charge in [-0.05, 0) is 32.8 Å². The van der Waals surface area contributed by atoms with E-state index >= 15 is 0 Å². The maximum absolute atomic E-state index is 6.22. The fourth-order valence-corrected chi connectivity index (χ4v) is 2.94. The number of hydrogen-bond acceptors (Lipinski definition) is 4. The summed E-state index contributed by atoms with van der Waals surface area (Å²) in [6.07, 6.45) is 3.71. The third kappa shape index (κ3) is 2.73. The molecule has 2 aromatic rings. The summed E-state index contributed by atoms with van der Waals surface area (Å²) >= 11 is 1.71. The molecule has 2 aromatic heterocycles. The van der Waals surface area contributed by atoms with Gasteiger partial charge in [0, 0.05) is 29.9 Å². The zero-order valence-corrected chi connectivity index (χ0v) is 11.3. The van der Waals surface area contributed by atoms with Gasteiger partial charge in [-0.25, -0.2) is 4.98 Å². The molecule has 0 saturated carbocycles. The summed E-state index contributed by atoms with van der Waals surface area (Å²) in [5.41, 5.74) is 8.51. The standard InChI is InChI=1S/C12H18N4S/c1-8-12(17-9(2)15-8)11(13)5-4-10-6-7-14-16(10)3/h6-7,11H,4-5,13H2,1-3H3. The Hall–Kier alpha value is -1.20. The van der Waals surface area contributed by atoms with E-state index < -0.39 is 0 Å². The first-order valence-corrected chi connectivity index (χ1v) is 6.56. The van der Waals surface area contributed by atoms with Crippen molar-refractivity contribution in [3.05, 3.63) is 33.5 Å². The summed E-state index contributed by atoms with van der Waals surface area (Å²) in [6.45, 7) is 4.05. The third-order valence-corrected chi connectivity index (χ3v) is 4.11. The summed E-state index contributed by atoms with van der Waals surface area (Å²) in [7, 11) is 1.96. The minimum atomic E-state index is 0.0797. The molecular weight excluding hydrogens is 232 g/mol. The molecule has 0 bridgehead atoms.